The zero-order chi connectivity index (χ0) is 13.7. The highest BCUT2D eigenvalue weighted by molar-refractivity contribution is 5.49. The Hall–Kier alpha value is -1.02. The van der Waals surface area contributed by atoms with Crippen LogP contribution in [0, 0.1) is 0 Å². The molecule has 1 aliphatic rings. The SMILES string of the molecule is CCCCN(c1ccc(CC(N)CC)cc1)C1CC1. The van der Waals surface area contributed by atoms with E-state index in [0.717, 1.165) is 18.9 Å². The molecule has 2 rings (SSSR count). The minimum atomic E-state index is 0.297. The van der Waals surface area contributed by atoms with Crippen molar-refractivity contribution >= 4 is 5.69 Å². The predicted molar refractivity (Wildman–Crippen MR) is 83.7 cm³/mol. The third kappa shape index (κ3) is 4.24. The Kier molecular flexibility index (Phi) is 5.26. The molecule has 0 amide bonds. The van der Waals surface area contributed by atoms with Crippen LogP contribution in [0.3, 0.4) is 0 Å². The van der Waals surface area contributed by atoms with Crippen molar-refractivity contribution in [3.63, 3.8) is 0 Å². The Bertz CT molecular complexity index is 367. The van der Waals surface area contributed by atoms with E-state index >= 15 is 0 Å². The van der Waals surface area contributed by atoms with Gasteiger partial charge in [0.15, 0.2) is 0 Å². The van der Waals surface area contributed by atoms with Crippen LogP contribution in [0.15, 0.2) is 24.3 Å². The summed E-state index contributed by atoms with van der Waals surface area (Å²) in [5.74, 6) is 0. The minimum absolute atomic E-state index is 0.297. The van der Waals surface area contributed by atoms with Crippen molar-refractivity contribution in [3.8, 4) is 0 Å². The van der Waals surface area contributed by atoms with Gasteiger partial charge in [0.2, 0.25) is 0 Å². The summed E-state index contributed by atoms with van der Waals surface area (Å²) in [6.45, 7) is 5.62. The molecule has 0 aliphatic heterocycles. The molecule has 1 saturated carbocycles. The van der Waals surface area contributed by atoms with Crippen molar-refractivity contribution in [1.29, 1.82) is 0 Å². The number of nitrogens with zero attached hydrogens (tertiary/aromatic N) is 1. The largest absolute Gasteiger partial charge is 0.369 e. The molecule has 1 atom stereocenters. The first kappa shape index (κ1) is 14.4. The Balaban J connectivity index is 1.98. The molecule has 1 unspecified atom stereocenters. The van der Waals surface area contributed by atoms with Crippen molar-refractivity contribution in [1.82, 2.24) is 0 Å². The number of hydrogen-bond acceptors (Lipinski definition) is 2. The fourth-order valence-electron chi connectivity index (χ4n) is 2.51. The summed E-state index contributed by atoms with van der Waals surface area (Å²) < 4.78 is 0. The number of unbranched alkanes of at least 4 members (excludes halogenated alkanes) is 1. The topological polar surface area (TPSA) is 29.3 Å². The molecule has 2 N–H and O–H groups in total. The van der Waals surface area contributed by atoms with Gasteiger partial charge in [-0.05, 0) is 49.8 Å². The summed E-state index contributed by atoms with van der Waals surface area (Å²) in [4.78, 5) is 2.59. The fraction of sp³-hybridized carbons (Fsp3) is 0.647. The third-order valence-corrected chi connectivity index (χ3v) is 4.03. The van der Waals surface area contributed by atoms with E-state index in [1.54, 1.807) is 0 Å². The number of hydrogen-bond donors (Lipinski definition) is 1. The zero-order valence-corrected chi connectivity index (χ0v) is 12.4. The van der Waals surface area contributed by atoms with Crippen LogP contribution in [0.2, 0.25) is 0 Å². The van der Waals surface area contributed by atoms with Gasteiger partial charge in [-0.2, -0.15) is 0 Å². The zero-order valence-electron chi connectivity index (χ0n) is 12.4. The molecule has 1 aromatic rings. The fourth-order valence-corrected chi connectivity index (χ4v) is 2.51. The van der Waals surface area contributed by atoms with E-state index in [-0.39, 0.29) is 0 Å². The van der Waals surface area contributed by atoms with Crippen molar-refractivity contribution < 1.29 is 0 Å². The van der Waals surface area contributed by atoms with Gasteiger partial charge >= 0.3 is 0 Å². The molecule has 2 heteroatoms. The number of benzene rings is 1. The Morgan fingerprint density at radius 1 is 1.21 bits per heavy atom. The van der Waals surface area contributed by atoms with Crippen LogP contribution in [0.1, 0.15) is 51.5 Å². The van der Waals surface area contributed by atoms with Gasteiger partial charge in [0.05, 0.1) is 0 Å². The second-order valence-electron chi connectivity index (χ2n) is 5.82. The molecular formula is C17H28N2. The molecule has 1 aromatic carbocycles. The van der Waals surface area contributed by atoms with Gasteiger partial charge in [-0.1, -0.05) is 32.4 Å². The highest BCUT2D eigenvalue weighted by Crippen LogP contribution is 2.32. The van der Waals surface area contributed by atoms with Crippen molar-refractivity contribution in [2.45, 2.75) is 64.5 Å². The van der Waals surface area contributed by atoms with E-state index in [9.17, 15) is 0 Å². The second-order valence-corrected chi connectivity index (χ2v) is 5.82. The molecule has 1 aliphatic carbocycles. The van der Waals surface area contributed by atoms with Gasteiger partial charge in [-0.25, -0.2) is 0 Å². The van der Waals surface area contributed by atoms with E-state index in [1.807, 2.05) is 0 Å². The highest BCUT2D eigenvalue weighted by Gasteiger charge is 2.28. The molecular weight excluding hydrogens is 232 g/mol. The van der Waals surface area contributed by atoms with Gasteiger partial charge in [0.25, 0.3) is 0 Å². The van der Waals surface area contributed by atoms with Crippen molar-refractivity contribution in [2.75, 3.05) is 11.4 Å². The molecule has 1 fully saturated rings. The van der Waals surface area contributed by atoms with E-state index in [1.165, 1.54) is 43.5 Å². The standard InChI is InChI=1S/C17H28N2/c1-3-5-12-19(17-10-11-17)16-8-6-14(7-9-16)13-15(18)4-2/h6-9,15,17H,3-5,10-13,18H2,1-2H3. The molecule has 0 bridgehead atoms. The summed E-state index contributed by atoms with van der Waals surface area (Å²) in [6, 6.07) is 10.2. The first-order valence-electron chi connectivity index (χ1n) is 7.85. The number of rotatable bonds is 8. The molecule has 0 spiro atoms. The van der Waals surface area contributed by atoms with Gasteiger partial charge < -0.3 is 10.6 Å². The van der Waals surface area contributed by atoms with Crippen molar-refractivity contribution in [2.24, 2.45) is 5.73 Å². The first-order chi connectivity index (χ1) is 9.24. The van der Waals surface area contributed by atoms with E-state index in [4.69, 9.17) is 5.73 Å². The molecule has 0 aromatic heterocycles. The number of nitrogens with two attached hydrogens (primary N) is 1. The van der Waals surface area contributed by atoms with Crippen LogP contribution < -0.4 is 10.6 Å². The number of anilines is 1. The van der Waals surface area contributed by atoms with Gasteiger partial charge in [0.1, 0.15) is 0 Å². The first-order valence-corrected chi connectivity index (χ1v) is 7.85. The van der Waals surface area contributed by atoms with Crippen molar-refractivity contribution in [3.05, 3.63) is 29.8 Å². The minimum Gasteiger partial charge on any atom is -0.369 e. The normalized spacial score (nSPS) is 16.4. The van der Waals surface area contributed by atoms with E-state index in [0.29, 0.717) is 6.04 Å². The maximum atomic E-state index is 6.02. The van der Waals surface area contributed by atoms with Crippen LogP contribution in [0.25, 0.3) is 0 Å². The highest BCUT2D eigenvalue weighted by atomic mass is 15.2. The lowest BCUT2D eigenvalue weighted by molar-refractivity contribution is 0.646. The quantitative estimate of drug-likeness (QED) is 0.771. The maximum Gasteiger partial charge on any atom is 0.0368 e. The molecule has 0 radical (unpaired) electrons. The summed E-state index contributed by atoms with van der Waals surface area (Å²) in [5.41, 5.74) is 8.77. The van der Waals surface area contributed by atoms with E-state index < -0.39 is 0 Å². The Morgan fingerprint density at radius 3 is 2.42 bits per heavy atom. The van der Waals surface area contributed by atoms with Crippen LogP contribution in [-0.4, -0.2) is 18.6 Å². The van der Waals surface area contributed by atoms with Crippen LogP contribution in [-0.2, 0) is 6.42 Å². The second kappa shape index (κ2) is 6.95. The van der Waals surface area contributed by atoms with Crippen LogP contribution in [0.4, 0.5) is 5.69 Å². The lowest BCUT2D eigenvalue weighted by Crippen LogP contribution is -2.26. The van der Waals surface area contributed by atoms with Gasteiger partial charge in [-0.15, -0.1) is 0 Å². The maximum absolute atomic E-state index is 6.02. The lowest BCUT2D eigenvalue weighted by Gasteiger charge is -2.25. The van der Waals surface area contributed by atoms with Gasteiger partial charge in [-0.3, -0.25) is 0 Å². The van der Waals surface area contributed by atoms with Crippen LogP contribution in [0.5, 0.6) is 0 Å². The summed E-state index contributed by atoms with van der Waals surface area (Å²) >= 11 is 0. The Morgan fingerprint density at radius 2 is 1.89 bits per heavy atom. The molecule has 0 heterocycles. The summed E-state index contributed by atoms with van der Waals surface area (Å²) in [5, 5.41) is 0. The molecule has 106 valence electrons. The average molecular weight is 260 g/mol. The summed E-state index contributed by atoms with van der Waals surface area (Å²) in [6.07, 6.45) is 7.34. The van der Waals surface area contributed by atoms with Crippen LogP contribution >= 0.6 is 0 Å². The Labute approximate surface area is 118 Å². The summed E-state index contributed by atoms with van der Waals surface area (Å²) in [7, 11) is 0. The third-order valence-electron chi connectivity index (χ3n) is 4.03. The smallest absolute Gasteiger partial charge is 0.0368 e. The predicted octanol–water partition coefficient (Wildman–Crippen LogP) is 3.74. The lowest BCUT2D eigenvalue weighted by atomic mass is 10.0. The van der Waals surface area contributed by atoms with E-state index in [2.05, 4.69) is 43.0 Å². The molecule has 0 saturated heterocycles. The molecule has 2 nitrogen and oxygen atoms in total. The van der Waals surface area contributed by atoms with Gasteiger partial charge in [0, 0.05) is 24.3 Å². The monoisotopic (exact) mass is 260 g/mol. The molecule has 19 heavy (non-hydrogen) atoms. The average Bonchev–Trinajstić information content (AvgIpc) is 3.25.